The van der Waals surface area contributed by atoms with E-state index >= 15 is 0 Å². The van der Waals surface area contributed by atoms with Gasteiger partial charge in [-0.05, 0) is 135 Å². The van der Waals surface area contributed by atoms with Crippen LogP contribution in [-0.4, -0.2) is 95.9 Å². The number of carbonyl (C=O) groups is 3. The van der Waals surface area contributed by atoms with Gasteiger partial charge in [0.05, 0.1) is 26.4 Å². The molecule has 0 spiro atoms. The van der Waals surface area contributed by atoms with Crippen molar-refractivity contribution < 1.29 is 75.8 Å². The van der Waals surface area contributed by atoms with Gasteiger partial charge in [-0.25, -0.2) is 9.13 Å². The van der Waals surface area contributed by atoms with Crippen molar-refractivity contribution in [2.24, 2.45) is 0 Å². The second-order valence-corrected chi connectivity index (χ2v) is 31.1. The van der Waals surface area contributed by atoms with Gasteiger partial charge in [0.1, 0.15) is 25.4 Å². The van der Waals surface area contributed by atoms with Crippen molar-refractivity contribution in [2.75, 3.05) is 39.6 Å². The number of rotatable bonds is 80. The summed E-state index contributed by atoms with van der Waals surface area (Å²) in [5.74, 6) is -1.59. The first-order valence-electron chi connectivity index (χ1n) is 42.5. The van der Waals surface area contributed by atoms with Crippen molar-refractivity contribution in [3.63, 3.8) is 0 Å². The Labute approximate surface area is 652 Å². The van der Waals surface area contributed by atoms with E-state index in [0.717, 1.165) is 173 Å². The molecule has 0 aliphatic carbocycles. The first kappa shape index (κ1) is 103. The van der Waals surface area contributed by atoms with Crippen LogP contribution in [0.3, 0.4) is 0 Å². The maximum Gasteiger partial charge on any atom is 0.472 e. The molecule has 18 heteroatoms. The SMILES string of the molecule is CC/C=C\C/C=C\C/C=C\C/C=C\C/C=C\CCCCCCCCCCCCCCCCCCCCCC(=O)OCC(O)COP(=O)(O)OCC(O)COP(=O)(O)OCC(COC(=O)CCCCCCCC/C=C\C/C=C\C/C=C\CCCCC)OC(=O)CCCCCCCCC/C=C\C/C=C\C/C=C\CC. The molecule has 0 rings (SSSR count). The number of aliphatic hydroxyl groups is 2. The number of carbonyl (C=O) groups excluding carboxylic acids is 3. The second-order valence-electron chi connectivity index (χ2n) is 28.2. The molecule has 0 saturated carbocycles. The fourth-order valence-corrected chi connectivity index (χ4v) is 13.0. The monoisotopic (exact) mass is 1540 g/mol. The number of phosphoric ester groups is 2. The number of unbranched alkanes of at least 4 members (excludes halogenated alkanes) is 35. The van der Waals surface area contributed by atoms with E-state index in [9.17, 15) is 43.5 Å². The highest BCUT2D eigenvalue weighted by Gasteiger charge is 2.29. The Balaban J connectivity index is 4.43. The van der Waals surface area contributed by atoms with E-state index in [1.165, 1.54) is 122 Å². The van der Waals surface area contributed by atoms with Crippen LogP contribution < -0.4 is 0 Å². The molecule has 0 aliphatic heterocycles. The predicted octanol–water partition coefficient (Wildman–Crippen LogP) is 25.4. The summed E-state index contributed by atoms with van der Waals surface area (Å²) in [5.41, 5.74) is 0. The highest BCUT2D eigenvalue weighted by molar-refractivity contribution is 7.47. The largest absolute Gasteiger partial charge is 0.472 e. The standard InChI is InChI=1S/C89H154O16P2/c1-4-7-10-13-16-19-22-25-28-31-33-34-35-36-37-38-39-40-41-42-43-44-45-46-47-48-50-53-54-57-60-63-66-69-72-75-87(92)99-78-84(90)79-101-106(95,96)102-80-85(91)81-103-107(97,98)104-83-86(105-89(94)77-74-71-68-65-62-59-56-51-30-27-24-21-18-15-12-9-6-3)82-100-88(93)76-73-70-67-64-61-58-55-52-49-32-29-26-23-20-17-14-11-8-5-2/h7,9-10,12,16-21,25-30,33-34,36-37,49,52,84-86,90-91H,4-6,8,11,13-15,22-24,31-32,35,38-48,50-51,53-83H2,1-3H3,(H,95,96)(H,97,98)/b10-7-,12-9-,19-16-,20-17-,21-18-,28-25-,29-26-,30-27-,34-33-,37-36-,52-49-. The van der Waals surface area contributed by atoms with E-state index in [2.05, 4.69) is 154 Å². The van der Waals surface area contributed by atoms with Gasteiger partial charge in [0.15, 0.2) is 6.10 Å². The van der Waals surface area contributed by atoms with Crippen LogP contribution in [0.1, 0.15) is 355 Å². The zero-order chi connectivity index (χ0) is 78.0. The number of aliphatic hydroxyl groups excluding tert-OH is 2. The Morgan fingerprint density at radius 3 is 0.785 bits per heavy atom. The Bertz CT molecular complexity index is 2480. The van der Waals surface area contributed by atoms with Crippen molar-refractivity contribution in [1.29, 1.82) is 0 Å². The Kier molecular flexibility index (Phi) is 77.9. The summed E-state index contributed by atoms with van der Waals surface area (Å²) in [4.78, 5) is 58.7. The molecular weight excluding hydrogens is 1390 g/mol. The third-order valence-electron chi connectivity index (χ3n) is 17.8. The molecule has 0 amide bonds. The molecule has 0 saturated heterocycles. The summed E-state index contributed by atoms with van der Waals surface area (Å²) in [6.07, 6.45) is 99.4. The molecule has 0 bridgehead atoms. The van der Waals surface area contributed by atoms with Gasteiger partial charge in [0, 0.05) is 19.3 Å². The van der Waals surface area contributed by atoms with E-state index in [1.54, 1.807) is 0 Å². The molecule has 107 heavy (non-hydrogen) atoms. The first-order valence-corrected chi connectivity index (χ1v) is 45.5. The highest BCUT2D eigenvalue weighted by atomic mass is 31.2. The van der Waals surface area contributed by atoms with Crippen LogP contribution in [0, 0.1) is 0 Å². The Morgan fingerprint density at radius 1 is 0.271 bits per heavy atom. The van der Waals surface area contributed by atoms with E-state index in [0.29, 0.717) is 19.3 Å². The van der Waals surface area contributed by atoms with E-state index in [1.807, 2.05) is 0 Å². The molecule has 616 valence electrons. The number of ether oxygens (including phenoxy) is 3. The lowest BCUT2D eigenvalue weighted by molar-refractivity contribution is -0.161. The van der Waals surface area contributed by atoms with Gasteiger partial charge in [0.25, 0.3) is 0 Å². The minimum absolute atomic E-state index is 0.0887. The molecule has 5 atom stereocenters. The van der Waals surface area contributed by atoms with Crippen LogP contribution in [0.2, 0.25) is 0 Å². The van der Waals surface area contributed by atoms with Gasteiger partial charge in [-0.1, -0.05) is 334 Å². The molecule has 0 fully saturated rings. The van der Waals surface area contributed by atoms with Crippen molar-refractivity contribution in [2.45, 2.75) is 373 Å². The normalized spacial score (nSPS) is 14.6. The molecule has 0 aromatic heterocycles. The molecule has 5 unspecified atom stereocenters. The van der Waals surface area contributed by atoms with Crippen molar-refractivity contribution in [3.8, 4) is 0 Å². The molecule has 0 aliphatic rings. The third kappa shape index (κ3) is 82.5. The average molecular weight is 1540 g/mol. The summed E-state index contributed by atoms with van der Waals surface area (Å²) in [7, 11) is -9.80. The van der Waals surface area contributed by atoms with Crippen LogP contribution in [-0.2, 0) is 55.8 Å². The number of hydrogen-bond donors (Lipinski definition) is 4. The summed E-state index contributed by atoms with van der Waals surface area (Å²) >= 11 is 0. The van der Waals surface area contributed by atoms with E-state index < -0.39 is 91.5 Å². The van der Waals surface area contributed by atoms with Crippen LogP contribution in [0.15, 0.2) is 134 Å². The molecule has 0 heterocycles. The van der Waals surface area contributed by atoms with Gasteiger partial charge in [-0.2, -0.15) is 0 Å². The van der Waals surface area contributed by atoms with Gasteiger partial charge in [0.2, 0.25) is 0 Å². The Morgan fingerprint density at radius 2 is 0.495 bits per heavy atom. The van der Waals surface area contributed by atoms with Gasteiger partial charge < -0.3 is 34.2 Å². The molecule has 4 N–H and O–H groups in total. The first-order chi connectivity index (χ1) is 52.2. The minimum Gasteiger partial charge on any atom is -0.463 e. The summed E-state index contributed by atoms with van der Waals surface area (Å²) in [5, 5.41) is 20.7. The number of hydrogen-bond acceptors (Lipinski definition) is 14. The highest BCUT2D eigenvalue weighted by Crippen LogP contribution is 2.45. The fraction of sp³-hybridized carbons (Fsp3) is 0.719. The minimum atomic E-state index is -4.94. The van der Waals surface area contributed by atoms with Crippen LogP contribution >= 0.6 is 15.6 Å². The quantitative estimate of drug-likeness (QED) is 0.0146. The number of esters is 3. The number of phosphoric acid groups is 2. The summed E-state index contributed by atoms with van der Waals surface area (Å²) < 4.78 is 61.2. The maximum absolute atomic E-state index is 13.0. The van der Waals surface area contributed by atoms with Crippen LogP contribution in [0.25, 0.3) is 0 Å². The predicted molar refractivity (Wildman–Crippen MR) is 445 cm³/mol. The topological polar surface area (TPSA) is 231 Å². The smallest absolute Gasteiger partial charge is 0.463 e. The van der Waals surface area contributed by atoms with E-state index in [4.69, 9.17) is 32.3 Å². The molecule has 0 radical (unpaired) electrons. The van der Waals surface area contributed by atoms with E-state index in [-0.39, 0.29) is 19.3 Å². The lowest BCUT2D eigenvalue weighted by Gasteiger charge is -2.21. The zero-order valence-electron chi connectivity index (χ0n) is 67.5. The molecule has 0 aromatic carbocycles. The fourth-order valence-electron chi connectivity index (χ4n) is 11.4. The molecular formula is C89H154O16P2. The maximum atomic E-state index is 13.0. The van der Waals surface area contributed by atoms with Crippen molar-refractivity contribution in [1.82, 2.24) is 0 Å². The average Bonchev–Trinajstić information content (AvgIpc) is 0.907. The number of allylic oxidation sites excluding steroid dienone is 22. The van der Waals surface area contributed by atoms with Crippen molar-refractivity contribution in [3.05, 3.63) is 134 Å². The second kappa shape index (κ2) is 81.2. The van der Waals surface area contributed by atoms with Gasteiger partial charge in [-0.3, -0.25) is 32.5 Å². The Hall–Kier alpha value is -4.31. The zero-order valence-corrected chi connectivity index (χ0v) is 69.3. The third-order valence-corrected chi connectivity index (χ3v) is 19.7. The molecule has 0 aromatic rings. The summed E-state index contributed by atoms with van der Waals surface area (Å²) in [6, 6.07) is 0. The van der Waals surface area contributed by atoms with Gasteiger partial charge in [-0.15, -0.1) is 0 Å². The van der Waals surface area contributed by atoms with Crippen LogP contribution in [0.5, 0.6) is 0 Å². The van der Waals surface area contributed by atoms with Crippen molar-refractivity contribution >= 4 is 33.6 Å². The summed E-state index contributed by atoms with van der Waals surface area (Å²) in [6.45, 7) is 2.44. The lowest BCUT2D eigenvalue weighted by Crippen LogP contribution is -2.30. The van der Waals surface area contributed by atoms with Gasteiger partial charge >= 0.3 is 33.6 Å². The van der Waals surface area contributed by atoms with Crippen LogP contribution in [0.4, 0.5) is 0 Å². The lowest BCUT2D eigenvalue weighted by atomic mass is 10.0. The molecule has 16 nitrogen and oxygen atoms in total.